The van der Waals surface area contributed by atoms with Gasteiger partial charge in [-0.1, -0.05) is 255 Å². The maximum absolute atomic E-state index is 5.70. The van der Waals surface area contributed by atoms with Crippen molar-refractivity contribution in [1.82, 2.24) is 23.7 Å². The number of hydrogen-bond acceptors (Lipinski definition) is 2. The zero-order valence-corrected chi connectivity index (χ0v) is 47.0. The summed E-state index contributed by atoms with van der Waals surface area (Å²) < 4.78 is 7.33. The minimum atomic E-state index is -3.05. The molecule has 0 amide bonds. The average Bonchev–Trinajstić information content (AvgIpc) is 1.97. The number of fused-ring (bicyclic) bond motifs is 13. The Morgan fingerprint density at radius 2 is 0.602 bits per heavy atom. The van der Waals surface area contributed by atoms with Gasteiger partial charge in [0, 0.05) is 54.8 Å². The lowest BCUT2D eigenvalue weighted by Crippen LogP contribution is -2.76. The molecule has 4 aromatic heterocycles. The number of hydrogen-bond donors (Lipinski definition) is 0. The van der Waals surface area contributed by atoms with E-state index in [2.05, 4.69) is 311 Å². The van der Waals surface area contributed by atoms with E-state index in [1.807, 2.05) is 0 Å². The molecule has 0 bridgehead atoms. The Hall–Kier alpha value is -10.4. The molecular formula is C76H49N5Si2. The van der Waals surface area contributed by atoms with E-state index < -0.39 is 16.1 Å². The third-order valence-corrected chi connectivity index (χ3v) is 28.1. The van der Waals surface area contributed by atoms with Crippen LogP contribution >= 0.6 is 0 Å². The van der Waals surface area contributed by atoms with Gasteiger partial charge in [-0.15, -0.1) is 0 Å². The first kappa shape index (κ1) is 46.3. The molecule has 83 heavy (non-hydrogen) atoms. The highest BCUT2D eigenvalue weighted by Gasteiger charge is 2.49. The first-order valence-corrected chi connectivity index (χ1v) is 32.7. The SMILES string of the molecule is c1ccc([Si]2(c3ccc(-c4cc(-c5cccc([Si]6(c7ccccc7)c7ccccc7-n7c8ccccc8c8cccc6c87)c5)nc(-n5c6ccccc6c6ccccc65)n4)cc3)c3ccccc3-n3c4ccccc4c4cccc2c43)cc1. The molecule has 386 valence electrons. The summed E-state index contributed by atoms with van der Waals surface area (Å²) in [6, 6.07) is 111. The van der Waals surface area contributed by atoms with Gasteiger partial charge in [-0.05, 0) is 84.0 Å². The van der Waals surface area contributed by atoms with Crippen LogP contribution in [-0.2, 0) is 0 Å². The number of rotatable bonds is 7. The molecule has 2 aliphatic rings. The quantitative estimate of drug-likeness (QED) is 0.149. The maximum atomic E-state index is 5.70. The topological polar surface area (TPSA) is 40.6 Å². The van der Waals surface area contributed by atoms with Gasteiger partial charge in [0.2, 0.25) is 5.95 Å². The van der Waals surface area contributed by atoms with Crippen LogP contribution in [0.3, 0.4) is 0 Å². The first-order valence-electron chi connectivity index (χ1n) is 28.7. The summed E-state index contributed by atoms with van der Waals surface area (Å²) in [4.78, 5) is 11.3. The smallest absolute Gasteiger partial charge is 0.235 e. The fourth-order valence-electron chi connectivity index (χ4n) is 15.1. The molecular weight excluding hydrogens is 1040 g/mol. The van der Waals surface area contributed by atoms with Gasteiger partial charge in [0.25, 0.3) is 0 Å². The second-order valence-corrected chi connectivity index (χ2v) is 29.8. The molecule has 18 rings (SSSR count). The monoisotopic (exact) mass is 1090 g/mol. The normalized spacial score (nSPS) is 16.0. The van der Waals surface area contributed by atoms with E-state index >= 15 is 0 Å². The summed E-state index contributed by atoms with van der Waals surface area (Å²) >= 11 is 0. The molecule has 6 heterocycles. The second kappa shape index (κ2) is 17.5. The summed E-state index contributed by atoms with van der Waals surface area (Å²) in [6.45, 7) is 0. The second-order valence-electron chi connectivity index (χ2n) is 22.3. The van der Waals surface area contributed by atoms with Gasteiger partial charge >= 0.3 is 0 Å². The zero-order valence-electron chi connectivity index (χ0n) is 45.0. The van der Waals surface area contributed by atoms with Gasteiger partial charge in [-0.3, -0.25) is 4.57 Å². The molecule has 0 N–H and O–H groups in total. The van der Waals surface area contributed by atoms with Crippen LogP contribution in [0, 0.1) is 0 Å². The fraction of sp³-hybridized carbons (Fsp3) is 0. The summed E-state index contributed by atoms with van der Waals surface area (Å²) in [5.74, 6) is 0.632. The Kier molecular flexibility index (Phi) is 9.78. The van der Waals surface area contributed by atoms with Crippen molar-refractivity contribution in [3.05, 3.63) is 297 Å². The summed E-state index contributed by atoms with van der Waals surface area (Å²) in [6.07, 6.45) is 0. The van der Waals surface area contributed by atoms with Crippen LogP contribution < -0.4 is 41.5 Å². The Morgan fingerprint density at radius 1 is 0.241 bits per heavy atom. The highest BCUT2D eigenvalue weighted by Crippen LogP contribution is 2.39. The third-order valence-electron chi connectivity index (χ3n) is 18.4. The molecule has 0 radical (unpaired) electrons. The van der Waals surface area contributed by atoms with E-state index in [0.29, 0.717) is 5.95 Å². The number of benzene rings is 12. The molecule has 16 aromatic rings. The predicted molar refractivity (Wildman–Crippen MR) is 350 cm³/mol. The van der Waals surface area contributed by atoms with Gasteiger partial charge in [0.1, 0.15) is 0 Å². The fourth-order valence-corrected chi connectivity index (χ4v) is 25.4. The highest BCUT2D eigenvalue weighted by atomic mass is 28.3. The van der Waals surface area contributed by atoms with Gasteiger partial charge in [0.05, 0.1) is 44.5 Å². The molecule has 0 saturated carbocycles. The van der Waals surface area contributed by atoms with Crippen molar-refractivity contribution in [2.45, 2.75) is 0 Å². The Labute approximate surface area is 480 Å². The van der Waals surface area contributed by atoms with Crippen LogP contribution in [-0.4, -0.2) is 39.8 Å². The molecule has 0 spiro atoms. The van der Waals surface area contributed by atoms with Crippen LogP contribution in [0.15, 0.2) is 297 Å². The van der Waals surface area contributed by atoms with Gasteiger partial charge in [-0.25, -0.2) is 9.97 Å². The van der Waals surface area contributed by atoms with Crippen molar-refractivity contribution in [3.63, 3.8) is 0 Å². The molecule has 2 aliphatic heterocycles. The van der Waals surface area contributed by atoms with Crippen LogP contribution in [0.2, 0.25) is 0 Å². The number of para-hydroxylation sites is 8. The molecule has 12 aromatic carbocycles. The molecule has 5 nitrogen and oxygen atoms in total. The van der Waals surface area contributed by atoms with E-state index in [1.54, 1.807) is 0 Å². The van der Waals surface area contributed by atoms with Crippen molar-refractivity contribution < 1.29 is 0 Å². The lowest BCUT2D eigenvalue weighted by atomic mass is 10.1. The number of nitrogens with zero attached hydrogens (tertiary/aromatic N) is 5. The van der Waals surface area contributed by atoms with Crippen molar-refractivity contribution in [1.29, 1.82) is 0 Å². The Balaban J connectivity index is 0.876. The lowest BCUT2D eigenvalue weighted by Gasteiger charge is -2.40. The van der Waals surface area contributed by atoms with E-state index in [1.165, 1.54) is 107 Å². The maximum Gasteiger partial charge on any atom is 0.235 e. The van der Waals surface area contributed by atoms with Crippen molar-refractivity contribution in [2.24, 2.45) is 0 Å². The molecule has 2 unspecified atom stereocenters. The highest BCUT2D eigenvalue weighted by molar-refractivity contribution is 7.22. The standard InChI is InChI=1S/C76H49N5Si2/c1-3-23-52(24-4-1)82(70-40-17-15-38-68(70)79-64-34-11-9-30-58(64)60-32-20-42-72(82)74(60)79)54-46-44-50(45-47-54)62-49-63(78-76(77-62)81-66-36-13-7-28-56(66)57-29-8-14-37-67(57)81)51-22-19-27-55(48-51)83(53-25-5-2-6-26-53)71-41-18-16-39-69(71)80-65-35-12-10-31-59(65)61-33-21-43-73(83)75(61)80/h1-49H. The van der Waals surface area contributed by atoms with Crippen molar-refractivity contribution >= 4 is 123 Å². The molecule has 0 fully saturated rings. The van der Waals surface area contributed by atoms with Crippen molar-refractivity contribution in [2.75, 3.05) is 0 Å². The largest absolute Gasteiger partial charge is 0.309 e. The molecule has 0 aliphatic carbocycles. The average molecular weight is 1090 g/mol. The zero-order chi connectivity index (χ0) is 54.4. The minimum Gasteiger partial charge on any atom is -0.309 e. The van der Waals surface area contributed by atoms with E-state index in [9.17, 15) is 0 Å². The van der Waals surface area contributed by atoms with E-state index in [4.69, 9.17) is 9.97 Å². The predicted octanol–water partition coefficient (Wildman–Crippen LogP) is 12.5. The van der Waals surface area contributed by atoms with Gasteiger partial charge in [-0.2, -0.15) is 0 Å². The first-order chi connectivity index (χ1) is 41.2. The van der Waals surface area contributed by atoms with Gasteiger partial charge in [0.15, 0.2) is 16.1 Å². The number of aromatic nitrogens is 5. The Bertz CT molecular complexity index is 5300. The summed E-state index contributed by atoms with van der Waals surface area (Å²) in [5.41, 5.74) is 13.5. The van der Waals surface area contributed by atoms with Crippen LogP contribution in [0.5, 0.6) is 0 Å². The van der Waals surface area contributed by atoms with E-state index in [-0.39, 0.29) is 0 Å². The minimum absolute atomic E-state index is 0.632. The summed E-state index contributed by atoms with van der Waals surface area (Å²) in [5, 5.41) is 18.3. The molecule has 7 heteroatoms. The van der Waals surface area contributed by atoms with Crippen LogP contribution in [0.1, 0.15) is 0 Å². The molecule has 0 saturated heterocycles. The van der Waals surface area contributed by atoms with Crippen molar-refractivity contribution in [3.8, 4) is 39.8 Å². The Morgan fingerprint density at radius 3 is 1.12 bits per heavy atom. The van der Waals surface area contributed by atoms with Crippen LogP contribution in [0.25, 0.3) is 105 Å². The lowest BCUT2D eigenvalue weighted by molar-refractivity contribution is 0.996. The van der Waals surface area contributed by atoms with Crippen LogP contribution in [0.4, 0.5) is 0 Å². The molecule has 2 atom stereocenters. The summed E-state index contributed by atoms with van der Waals surface area (Å²) in [7, 11) is -6.01. The third kappa shape index (κ3) is 6.24. The van der Waals surface area contributed by atoms with E-state index in [0.717, 1.165) is 33.5 Å². The van der Waals surface area contributed by atoms with Gasteiger partial charge < -0.3 is 9.13 Å².